The summed E-state index contributed by atoms with van der Waals surface area (Å²) in [7, 11) is 1.62. The molecule has 1 aromatic carbocycles. The average Bonchev–Trinajstić information content (AvgIpc) is 2.47. The number of aromatic nitrogens is 2. The van der Waals surface area contributed by atoms with Crippen LogP contribution in [-0.2, 0) is 0 Å². The molecule has 2 N–H and O–H groups in total. The molecule has 0 saturated carbocycles. The Morgan fingerprint density at radius 2 is 2.33 bits per heavy atom. The molecule has 12 heavy (non-hydrogen) atoms. The molecule has 0 fully saturated rings. The van der Waals surface area contributed by atoms with Gasteiger partial charge in [0.05, 0.1) is 18.1 Å². The highest BCUT2D eigenvalue weighted by atomic mass is 16.5. The van der Waals surface area contributed by atoms with Crippen molar-refractivity contribution < 1.29 is 4.74 Å². The van der Waals surface area contributed by atoms with Crippen molar-refractivity contribution in [2.75, 3.05) is 13.0 Å². The number of ether oxygens (including phenoxy) is 1. The summed E-state index contributed by atoms with van der Waals surface area (Å²) in [6.07, 6.45) is 1.57. The summed E-state index contributed by atoms with van der Waals surface area (Å²) in [6.45, 7) is 0. The van der Waals surface area contributed by atoms with Crippen LogP contribution in [0.15, 0.2) is 24.5 Å². The average molecular weight is 163 g/mol. The zero-order chi connectivity index (χ0) is 8.55. The molecule has 0 saturated heterocycles. The third-order valence-electron chi connectivity index (χ3n) is 1.78. The van der Waals surface area contributed by atoms with Gasteiger partial charge in [-0.3, -0.25) is 0 Å². The SMILES string of the molecule is COc1ccc2ncn(N)c2c1. The number of hydrogen-bond donors (Lipinski definition) is 1. The molecule has 0 spiro atoms. The number of rotatable bonds is 1. The van der Waals surface area contributed by atoms with Gasteiger partial charge >= 0.3 is 0 Å². The van der Waals surface area contributed by atoms with Gasteiger partial charge in [0, 0.05) is 6.07 Å². The van der Waals surface area contributed by atoms with Crippen LogP contribution in [0.5, 0.6) is 5.75 Å². The monoisotopic (exact) mass is 163 g/mol. The van der Waals surface area contributed by atoms with E-state index >= 15 is 0 Å². The lowest BCUT2D eigenvalue weighted by Gasteiger charge is -1.99. The second-order valence-electron chi connectivity index (χ2n) is 2.51. The number of benzene rings is 1. The van der Waals surface area contributed by atoms with Crippen LogP contribution < -0.4 is 10.6 Å². The Hall–Kier alpha value is -1.71. The normalized spacial score (nSPS) is 10.4. The van der Waals surface area contributed by atoms with Crippen molar-refractivity contribution in [3.05, 3.63) is 24.5 Å². The summed E-state index contributed by atoms with van der Waals surface area (Å²) < 4.78 is 6.52. The predicted octanol–water partition coefficient (Wildman–Crippen LogP) is 0.759. The summed E-state index contributed by atoms with van der Waals surface area (Å²) >= 11 is 0. The van der Waals surface area contributed by atoms with E-state index in [4.69, 9.17) is 10.6 Å². The maximum Gasteiger partial charge on any atom is 0.121 e. The number of nitrogen functional groups attached to an aromatic ring is 1. The van der Waals surface area contributed by atoms with E-state index in [-0.39, 0.29) is 0 Å². The van der Waals surface area contributed by atoms with Crippen molar-refractivity contribution in [1.29, 1.82) is 0 Å². The van der Waals surface area contributed by atoms with Gasteiger partial charge in [-0.25, -0.2) is 9.66 Å². The van der Waals surface area contributed by atoms with Crippen molar-refractivity contribution in [2.45, 2.75) is 0 Å². The van der Waals surface area contributed by atoms with E-state index in [0.29, 0.717) is 0 Å². The third kappa shape index (κ3) is 0.887. The van der Waals surface area contributed by atoms with Crippen LogP contribution >= 0.6 is 0 Å². The summed E-state index contributed by atoms with van der Waals surface area (Å²) in [4.78, 5) is 4.08. The minimum absolute atomic E-state index is 0.787. The first-order valence-corrected chi connectivity index (χ1v) is 3.57. The molecule has 0 radical (unpaired) electrons. The van der Waals surface area contributed by atoms with Gasteiger partial charge in [0.15, 0.2) is 0 Å². The highest BCUT2D eigenvalue weighted by Crippen LogP contribution is 2.17. The van der Waals surface area contributed by atoms with E-state index in [9.17, 15) is 0 Å². The van der Waals surface area contributed by atoms with E-state index in [1.807, 2.05) is 18.2 Å². The summed E-state index contributed by atoms with van der Waals surface area (Å²) in [5.41, 5.74) is 1.74. The van der Waals surface area contributed by atoms with Crippen molar-refractivity contribution >= 4 is 11.0 Å². The van der Waals surface area contributed by atoms with Gasteiger partial charge in [0.1, 0.15) is 12.1 Å². The van der Waals surface area contributed by atoms with Gasteiger partial charge < -0.3 is 10.6 Å². The van der Waals surface area contributed by atoms with E-state index < -0.39 is 0 Å². The van der Waals surface area contributed by atoms with Gasteiger partial charge in [0.25, 0.3) is 0 Å². The predicted molar refractivity (Wildman–Crippen MR) is 46.4 cm³/mol. The van der Waals surface area contributed by atoms with Gasteiger partial charge in [-0.15, -0.1) is 0 Å². The fourth-order valence-corrected chi connectivity index (χ4v) is 1.13. The highest BCUT2D eigenvalue weighted by Gasteiger charge is 2.00. The molecule has 62 valence electrons. The number of fused-ring (bicyclic) bond motifs is 1. The van der Waals surface area contributed by atoms with Crippen molar-refractivity contribution in [3.8, 4) is 5.75 Å². The summed E-state index contributed by atoms with van der Waals surface area (Å²) in [5, 5.41) is 0. The van der Waals surface area contributed by atoms with Crippen molar-refractivity contribution in [3.63, 3.8) is 0 Å². The van der Waals surface area contributed by atoms with E-state index in [1.54, 1.807) is 13.4 Å². The van der Waals surface area contributed by atoms with Crippen LogP contribution in [0, 0.1) is 0 Å². The lowest BCUT2D eigenvalue weighted by Crippen LogP contribution is -2.04. The van der Waals surface area contributed by atoms with E-state index in [0.717, 1.165) is 16.8 Å². The Balaban J connectivity index is 2.71. The largest absolute Gasteiger partial charge is 0.497 e. The zero-order valence-corrected chi connectivity index (χ0v) is 6.69. The quantitative estimate of drug-likeness (QED) is 0.631. The Kier molecular flexibility index (Phi) is 1.40. The third-order valence-corrected chi connectivity index (χ3v) is 1.78. The van der Waals surface area contributed by atoms with Crippen LogP contribution in [0.25, 0.3) is 11.0 Å². The molecule has 0 bridgehead atoms. The lowest BCUT2D eigenvalue weighted by atomic mass is 10.3. The molecule has 0 unspecified atom stereocenters. The molecule has 0 aliphatic rings. The van der Waals surface area contributed by atoms with Crippen LogP contribution in [0.1, 0.15) is 0 Å². The number of methoxy groups -OCH3 is 1. The second-order valence-corrected chi connectivity index (χ2v) is 2.51. The smallest absolute Gasteiger partial charge is 0.121 e. The number of imidazole rings is 1. The summed E-state index contributed by atoms with van der Waals surface area (Å²) in [6, 6.07) is 5.58. The Morgan fingerprint density at radius 1 is 1.50 bits per heavy atom. The van der Waals surface area contributed by atoms with Gasteiger partial charge in [0.2, 0.25) is 0 Å². The van der Waals surface area contributed by atoms with Crippen LogP contribution in [-0.4, -0.2) is 16.8 Å². The first-order chi connectivity index (χ1) is 5.81. The molecular weight excluding hydrogens is 154 g/mol. The van der Waals surface area contributed by atoms with E-state index in [2.05, 4.69) is 4.98 Å². The molecule has 2 aromatic rings. The Bertz CT molecular complexity index is 408. The van der Waals surface area contributed by atoms with Crippen LogP contribution in [0.3, 0.4) is 0 Å². The lowest BCUT2D eigenvalue weighted by molar-refractivity contribution is 0.415. The van der Waals surface area contributed by atoms with Gasteiger partial charge in [-0.2, -0.15) is 0 Å². The molecule has 4 heteroatoms. The number of hydrogen-bond acceptors (Lipinski definition) is 3. The van der Waals surface area contributed by atoms with E-state index in [1.165, 1.54) is 4.68 Å². The first kappa shape index (κ1) is 6.97. The molecule has 0 amide bonds. The molecular formula is C8H9N3O. The van der Waals surface area contributed by atoms with Crippen molar-refractivity contribution in [2.24, 2.45) is 0 Å². The highest BCUT2D eigenvalue weighted by molar-refractivity contribution is 5.76. The van der Waals surface area contributed by atoms with Crippen LogP contribution in [0.4, 0.5) is 0 Å². The fraction of sp³-hybridized carbons (Fsp3) is 0.125. The zero-order valence-electron chi connectivity index (χ0n) is 6.69. The topological polar surface area (TPSA) is 53.1 Å². The minimum atomic E-state index is 0.787. The summed E-state index contributed by atoms with van der Waals surface area (Å²) in [5.74, 6) is 6.39. The van der Waals surface area contributed by atoms with Gasteiger partial charge in [-0.05, 0) is 12.1 Å². The number of nitrogens with zero attached hydrogens (tertiary/aromatic N) is 2. The molecule has 0 aliphatic heterocycles. The van der Waals surface area contributed by atoms with Crippen molar-refractivity contribution in [1.82, 2.24) is 9.66 Å². The van der Waals surface area contributed by atoms with Crippen LogP contribution in [0.2, 0.25) is 0 Å². The maximum atomic E-state index is 5.60. The molecule has 2 rings (SSSR count). The second kappa shape index (κ2) is 2.41. The maximum absolute atomic E-state index is 5.60. The molecule has 0 aliphatic carbocycles. The molecule has 0 atom stereocenters. The molecule has 1 aromatic heterocycles. The Labute approximate surface area is 69.5 Å². The number of nitrogens with two attached hydrogens (primary N) is 1. The molecule has 1 heterocycles. The first-order valence-electron chi connectivity index (χ1n) is 3.57. The Morgan fingerprint density at radius 3 is 3.08 bits per heavy atom. The van der Waals surface area contributed by atoms with Gasteiger partial charge in [-0.1, -0.05) is 0 Å². The fourth-order valence-electron chi connectivity index (χ4n) is 1.13. The minimum Gasteiger partial charge on any atom is -0.497 e. The standard InChI is InChI=1S/C8H9N3O/c1-12-6-2-3-7-8(4-6)11(9)5-10-7/h2-5H,9H2,1H3. The molecule has 4 nitrogen and oxygen atoms in total.